The Morgan fingerprint density at radius 2 is 1.33 bits per heavy atom. The smallest absolute Gasteiger partial charge is 0.0530 e. The zero-order valence-electron chi connectivity index (χ0n) is 5.19. The lowest BCUT2D eigenvalue weighted by molar-refractivity contribution is 0.494. The first kappa shape index (κ1) is 6.30. The first-order valence-electron chi connectivity index (χ1n) is 3.57. The summed E-state index contributed by atoms with van der Waals surface area (Å²) >= 11 is 12.1. The van der Waals surface area contributed by atoms with Gasteiger partial charge in [-0.3, -0.25) is 0 Å². The van der Waals surface area contributed by atoms with Gasteiger partial charge in [0, 0.05) is 0 Å². The average molecular weight is 165 g/mol. The Balaban J connectivity index is 2.15. The normalized spacial score (nSPS) is 56.7. The standard InChI is InChI=1S/C7H10Cl2/c8-6-4-1-2-5(3-4)7(6)9/h4-7H,1-3H2/t4-,5-,6-,7+/m1/s1. The van der Waals surface area contributed by atoms with E-state index < -0.39 is 0 Å². The van der Waals surface area contributed by atoms with E-state index >= 15 is 0 Å². The van der Waals surface area contributed by atoms with Gasteiger partial charge in [0.15, 0.2) is 0 Å². The van der Waals surface area contributed by atoms with Crippen molar-refractivity contribution in [1.82, 2.24) is 0 Å². The van der Waals surface area contributed by atoms with Crippen LogP contribution < -0.4 is 0 Å². The second kappa shape index (κ2) is 2.03. The molecule has 2 fully saturated rings. The van der Waals surface area contributed by atoms with Crippen molar-refractivity contribution in [2.45, 2.75) is 30.0 Å². The van der Waals surface area contributed by atoms with Crippen LogP contribution in [-0.2, 0) is 0 Å². The highest BCUT2D eigenvalue weighted by Gasteiger charge is 2.45. The van der Waals surface area contributed by atoms with Crippen LogP contribution in [0.1, 0.15) is 19.3 Å². The summed E-state index contributed by atoms with van der Waals surface area (Å²) in [6.45, 7) is 0. The minimum atomic E-state index is 0.283. The third-order valence-corrected chi connectivity index (χ3v) is 4.10. The molecule has 2 heteroatoms. The molecule has 0 saturated heterocycles. The number of halogens is 2. The van der Waals surface area contributed by atoms with Crippen LogP contribution in [0.2, 0.25) is 0 Å². The number of hydrogen-bond acceptors (Lipinski definition) is 0. The largest absolute Gasteiger partial charge is 0.121 e. The molecule has 0 N–H and O–H groups in total. The van der Waals surface area contributed by atoms with Gasteiger partial charge in [0.25, 0.3) is 0 Å². The molecule has 0 aromatic rings. The summed E-state index contributed by atoms with van der Waals surface area (Å²) in [6.07, 6.45) is 3.94. The molecule has 0 spiro atoms. The van der Waals surface area contributed by atoms with Crippen LogP contribution >= 0.6 is 23.2 Å². The molecular weight excluding hydrogens is 155 g/mol. The molecule has 2 bridgehead atoms. The van der Waals surface area contributed by atoms with Crippen LogP contribution in [0.25, 0.3) is 0 Å². The molecule has 0 radical (unpaired) electrons. The van der Waals surface area contributed by atoms with E-state index in [0.717, 1.165) is 11.8 Å². The van der Waals surface area contributed by atoms with Crippen LogP contribution in [0.4, 0.5) is 0 Å². The average Bonchev–Trinajstić information content (AvgIpc) is 2.37. The fourth-order valence-corrected chi connectivity index (χ4v) is 3.02. The van der Waals surface area contributed by atoms with E-state index in [1.165, 1.54) is 19.3 Å². The Morgan fingerprint density at radius 3 is 1.56 bits per heavy atom. The van der Waals surface area contributed by atoms with Gasteiger partial charge in [-0.05, 0) is 31.1 Å². The molecule has 0 aliphatic heterocycles. The summed E-state index contributed by atoms with van der Waals surface area (Å²) < 4.78 is 0. The van der Waals surface area contributed by atoms with Crippen LogP contribution in [0.15, 0.2) is 0 Å². The summed E-state index contributed by atoms with van der Waals surface area (Å²) in [4.78, 5) is 0. The van der Waals surface area contributed by atoms with Crippen molar-refractivity contribution >= 4 is 23.2 Å². The van der Waals surface area contributed by atoms with Crippen molar-refractivity contribution in [1.29, 1.82) is 0 Å². The minimum Gasteiger partial charge on any atom is -0.121 e. The number of fused-ring (bicyclic) bond motifs is 2. The van der Waals surface area contributed by atoms with Gasteiger partial charge >= 0.3 is 0 Å². The minimum absolute atomic E-state index is 0.283. The summed E-state index contributed by atoms with van der Waals surface area (Å²) in [5.74, 6) is 1.50. The zero-order valence-corrected chi connectivity index (χ0v) is 6.70. The lowest BCUT2D eigenvalue weighted by atomic mass is 10.00. The summed E-state index contributed by atoms with van der Waals surface area (Å²) in [5, 5.41) is 0.566. The first-order chi connectivity index (χ1) is 4.29. The number of hydrogen-bond donors (Lipinski definition) is 0. The summed E-state index contributed by atoms with van der Waals surface area (Å²) in [5.41, 5.74) is 0. The van der Waals surface area contributed by atoms with Crippen molar-refractivity contribution in [3.05, 3.63) is 0 Å². The van der Waals surface area contributed by atoms with Crippen LogP contribution in [0, 0.1) is 11.8 Å². The van der Waals surface area contributed by atoms with Crippen molar-refractivity contribution in [2.24, 2.45) is 11.8 Å². The predicted molar refractivity (Wildman–Crippen MR) is 40.1 cm³/mol. The van der Waals surface area contributed by atoms with Crippen molar-refractivity contribution in [3.8, 4) is 0 Å². The van der Waals surface area contributed by atoms with Gasteiger partial charge in [0.05, 0.1) is 10.8 Å². The van der Waals surface area contributed by atoms with Gasteiger partial charge in [0.1, 0.15) is 0 Å². The highest BCUT2D eigenvalue weighted by molar-refractivity contribution is 6.30. The maximum Gasteiger partial charge on any atom is 0.0530 e. The lowest BCUT2D eigenvalue weighted by Crippen LogP contribution is -2.22. The molecule has 52 valence electrons. The van der Waals surface area contributed by atoms with E-state index in [1.54, 1.807) is 0 Å². The van der Waals surface area contributed by atoms with E-state index in [-0.39, 0.29) is 10.8 Å². The van der Waals surface area contributed by atoms with Crippen LogP contribution in [-0.4, -0.2) is 10.8 Å². The molecule has 4 atom stereocenters. The Bertz CT molecular complexity index is 106. The van der Waals surface area contributed by atoms with Gasteiger partial charge in [0.2, 0.25) is 0 Å². The topological polar surface area (TPSA) is 0 Å². The van der Waals surface area contributed by atoms with Crippen LogP contribution in [0.5, 0.6) is 0 Å². The Labute approximate surface area is 65.5 Å². The van der Waals surface area contributed by atoms with Gasteiger partial charge in [-0.1, -0.05) is 0 Å². The third-order valence-electron chi connectivity index (χ3n) is 2.72. The highest BCUT2D eigenvalue weighted by Crippen LogP contribution is 2.49. The zero-order chi connectivity index (χ0) is 6.43. The Morgan fingerprint density at radius 1 is 0.889 bits per heavy atom. The highest BCUT2D eigenvalue weighted by atomic mass is 35.5. The second-order valence-electron chi connectivity index (χ2n) is 3.22. The number of rotatable bonds is 0. The quantitative estimate of drug-likeness (QED) is 0.484. The molecule has 2 saturated carbocycles. The van der Waals surface area contributed by atoms with E-state index in [4.69, 9.17) is 23.2 Å². The first-order valence-corrected chi connectivity index (χ1v) is 4.44. The van der Waals surface area contributed by atoms with Crippen molar-refractivity contribution in [3.63, 3.8) is 0 Å². The second-order valence-corrected chi connectivity index (χ2v) is 4.23. The molecule has 0 aromatic heterocycles. The predicted octanol–water partition coefficient (Wildman–Crippen LogP) is 2.63. The third kappa shape index (κ3) is 0.798. The fraction of sp³-hybridized carbons (Fsp3) is 1.00. The van der Waals surface area contributed by atoms with Gasteiger partial charge in [-0.2, -0.15) is 0 Å². The Kier molecular flexibility index (Phi) is 1.42. The van der Waals surface area contributed by atoms with E-state index in [9.17, 15) is 0 Å². The molecule has 2 aliphatic rings. The van der Waals surface area contributed by atoms with Crippen molar-refractivity contribution < 1.29 is 0 Å². The molecule has 9 heavy (non-hydrogen) atoms. The molecular formula is C7H10Cl2. The summed E-state index contributed by atoms with van der Waals surface area (Å²) in [6, 6.07) is 0. The molecule has 0 nitrogen and oxygen atoms in total. The van der Waals surface area contributed by atoms with Crippen LogP contribution in [0.3, 0.4) is 0 Å². The molecule has 2 aliphatic carbocycles. The van der Waals surface area contributed by atoms with E-state index in [1.807, 2.05) is 0 Å². The Hall–Kier alpha value is 0.580. The SMILES string of the molecule is Cl[C@@H]1[C@@H]2CC[C@H](C2)[C@@H]1Cl. The monoisotopic (exact) mass is 164 g/mol. The summed E-state index contributed by atoms with van der Waals surface area (Å²) in [7, 11) is 0. The molecule has 0 amide bonds. The van der Waals surface area contributed by atoms with Gasteiger partial charge in [-0.25, -0.2) is 0 Å². The van der Waals surface area contributed by atoms with E-state index in [0.29, 0.717) is 0 Å². The maximum atomic E-state index is 6.03. The lowest BCUT2D eigenvalue weighted by Gasteiger charge is -2.20. The molecule has 0 unspecified atom stereocenters. The van der Waals surface area contributed by atoms with Gasteiger partial charge < -0.3 is 0 Å². The van der Waals surface area contributed by atoms with Crippen molar-refractivity contribution in [2.75, 3.05) is 0 Å². The fourth-order valence-electron chi connectivity index (χ4n) is 2.15. The molecule has 0 aromatic carbocycles. The molecule has 2 rings (SSSR count). The van der Waals surface area contributed by atoms with Gasteiger partial charge in [-0.15, -0.1) is 23.2 Å². The number of alkyl halides is 2. The molecule has 0 heterocycles. The maximum absolute atomic E-state index is 6.03. The van der Waals surface area contributed by atoms with E-state index in [2.05, 4.69) is 0 Å².